The van der Waals surface area contributed by atoms with Crippen molar-refractivity contribution >= 4 is 5.97 Å². The van der Waals surface area contributed by atoms with Gasteiger partial charge in [0.2, 0.25) is 0 Å². The lowest BCUT2D eigenvalue weighted by Crippen LogP contribution is -2.41. The highest BCUT2D eigenvalue weighted by atomic mass is 16.4. The summed E-state index contributed by atoms with van der Waals surface area (Å²) < 4.78 is 0. The Morgan fingerprint density at radius 2 is 2.07 bits per heavy atom. The van der Waals surface area contributed by atoms with Gasteiger partial charge in [-0.05, 0) is 45.1 Å². The Morgan fingerprint density at radius 3 is 2.73 bits per heavy atom. The third-order valence-corrected chi connectivity index (χ3v) is 3.62. The van der Waals surface area contributed by atoms with Gasteiger partial charge in [-0.1, -0.05) is 6.42 Å². The molecule has 15 heavy (non-hydrogen) atoms. The SMILES string of the molecule is O=C(O)CCCC1CCCCN1C1CC1. The van der Waals surface area contributed by atoms with Crippen molar-refractivity contribution in [2.75, 3.05) is 6.54 Å². The Labute approximate surface area is 91.5 Å². The van der Waals surface area contributed by atoms with Crippen molar-refractivity contribution in [2.24, 2.45) is 0 Å². The molecule has 1 saturated heterocycles. The van der Waals surface area contributed by atoms with Gasteiger partial charge in [-0.3, -0.25) is 9.69 Å². The maximum Gasteiger partial charge on any atom is 0.303 e. The van der Waals surface area contributed by atoms with Crippen LogP contribution in [0.1, 0.15) is 51.4 Å². The molecule has 86 valence electrons. The summed E-state index contributed by atoms with van der Waals surface area (Å²) in [5.74, 6) is -0.649. The second kappa shape index (κ2) is 4.97. The summed E-state index contributed by atoms with van der Waals surface area (Å²) in [6, 6.07) is 1.53. The predicted molar refractivity (Wildman–Crippen MR) is 58.9 cm³/mol. The molecule has 3 nitrogen and oxygen atoms in total. The molecule has 2 fully saturated rings. The summed E-state index contributed by atoms with van der Waals surface area (Å²) in [4.78, 5) is 13.1. The van der Waals surface area contributed by atoms with E-state index in [9.17, 15) is 4.79 Å². The molecule has 2 aliphatic rings. The molecule has 1 unspecified atom stereocenters. The van der Waals surface area contributed by atoms with E-state index in [4.69, 9.17) is 5.11 Å². The highest BCUT2D eigenvalue weighted by Crippen LogP contribution is 2.34. The van der Waals surface area contributed by atoms with Crippen LogP contribution in [0.5, 0.6) is 0 Å². The minimum absolute atomic E-state index is 0.342. The van der Waals surface area contributed by atoms with Crippen molar-refractivity contribution in [3.8, 4) is 0 Å². The number of rotatable bonds is 5. The molecule has 0 spiro atoms. The van der Waals surface area contributed by atoms with E-state index in [0.29, 0.717) is 12.5 Å². The maximum atomic E-state index is 10.5. The van der Waals surface area contributed by atoms with Crippen molar-refractivity contribution in [1.29, 1.82) is 0 Å². The molecule has 2 rings (SSSR count). The van der Waals surface area contributed by atoms with E-state index >= 15 is 0 Å². The molecule has 1 aliphatic carbocycles. The molecule has 0 bridgehead atoms. The molecule has 0 aromatic carbocycles. The summed E-state index contributed by atoms with van der Waals surface area (Å²) in [7, 11) is 0. The van der Waals surface area contributed by atoms with E-state index in [1.807, 2.05) is 0 Å². The predicted octanol–water partition coefficient (Wildman–Crippen LogP) is 2.26. The smallest absolute Gasteiger partial charge is 0.303 e. The van der Waals surface area contributed by atoms with E-state index in [2.05, 4.69) is 4.90 Å². The lowest BCUT2D eigenvalue weighted by atomic mass is 9.97. The van der Waals surface area contributed by atoms with Crippen LogP contribution >= 0.6 is 0 Å². The standard InChI is InChI=1S/C12H21NO2/c14-12(15)6-3-5-10-4-1-2-9-13(10)11-7-8-11/h10-11H,1-9H2,(H,14,15). The Morgan fingerprint density at radius 1 is 1.27 bits per heavy atom. The molecule has 0 aromatic rings. The fourth-order valence-corrected chi connectivity index (χ4v) is 2.71. The van der Waals surface area contributed by atoms with Crippen LogP contribution in [-0.4, -0.2) is 34.6 Å². The van der Waals surface area contributed by atoms with Crippen molar-refractivity contribution in [3.63, 3.8) is 0 Å². The molecule has 0 aromatic heterocycles. The Kier molecular flexibility index (Phi) is 3.62. The van der Waals surface area contributed by atoms with E-state index in [-0.39, 0.29) is 0 Å². The average Bonchev–Trinajstić information content (AvgIpc) is 3.01. The van der Waals surface area contributed by atoms with Crippen LogP contribution in [-0.2, 0) is 4.79 Å². The number of carboxylic acid groups (broad SMARTS) is 1. The lowest BCUT2D eigenvalue weighted by molar-refractivity contribution is -0.137. The number of piperidine rings is 1. The first-order valence-electron chi connectivity index (χ1n) is 6.25. The number of nitrogens with zero attached hydrogens (tertiary/aromatic N) is 1. The minimum atomic E-state index is -0.649. The number of carbonyl (C=O) groups is 1. The van der Waals surface area contributed by atoms with E-state index < -0.39 is 5.97 Å². The van der Waals surface area contributed by atoms with Crippen LogP contribution in [0.2, 0.25) is 0 Å². The Bertz CT molecular complexity index is 226. The van der Waals surface area contributed by atoms with Gasteiger partial charge in [0.15, 0.2) is 0 Å². The summed E-state index contributed by atoms with van der Waals surface area (Å²) in [6.45, 7) is 1.25. The number of hydrogen-bond acceptors (Lipinski definition) is 2. The van der Waals surface area contributed by atoms with Crippen molar-refractivity contribution in [2.45, 2.75) is 63.5 Å². The first-order valence-corrected chi connectivity index (χ1v) is 6.25. The average molecular weight is 211 g/mol. The third kappa shape index (κ3) is 3.20. The monoisotopic (exact) mass is 211 g/mol. The number of hydrogen-bond donors (Lipinski definition) is 1. The number of likely N-dealkylation sites (tertiary alicyclic amines) is 1. The van der Waals surface area contributed by atoms with Crippen LogP contribution in [0.15, 0.2) is 0 Å². The van der Waals surface area contributed by atoms with Crippen LogP contribution in [0.25, 0.3) is 0 Å². The van der Waals surface area contributed by atoms with Gasteiger partial charge in [0.25, 0.3) is 0 Å². The number of aliphatic carboxylic acids is 1. The second-order valence-electron chi connectivity index (χ2n) is 4.90. The molecular weight excluding hydrogens is 190 g/mol. The molecule has 1 heterocycles. The van der Waals surface area contributed by atoms with Crippen molar-refractivity contribution in [1.82, 2.24) is 4.90 Å². The van der Waals surface area contributed by atoms with Gasteiger partial charge in [-0.2, -0.15) is 0 Å². The fraction of sp³-hybridized carbons (Fsp3) is 0.917. The van der Waals surface area contributed by atoms with Gasteiger partial charge in [0.05, 0.1) is 0 Å². The van der Waals surface area contributed by atoms with Gasteiger partial charge >= 0.3 is 5.97 Å². The second-order valence-corrected chi connectivity index (χ2v) is 4.90. The van der Waals surface area contributed by atoms with Crippen molar-refractivity contribution in [3.05, 3.63) is 0 Å². The summed E-state index contributed by atoms with van der Waals surface area (Å²) >= 11 is 0. The number of carboxylic acids is 1. The molecule has 1 saturated carbocycles. The first-order chi connectivity index (χ1) is 7.27. The van der Waals surface area contributed by atoms with Crippen molar-refractivity contribution < 1.29 is 9.90 Å². The quantitative estimate of drug-likeness (QED) is 0.758. The Hall–Kier alpha value is -0.570. The summed E-state index contributed by atoms with van der Waals surface area (Å²) in [6.07, 6.45) is 8.98. The Balaban J connectivity index is 1.74. The largest absolute Gasteiger partial charge is 0.481 e. The topological polar surface area (TPSA) is 40.5 Å². The molecular formula is C12H21NO2. The molecule has 3 heteroatoms. The van der Waals surface area contributed by atoms with Crippen LogP contribution in [0.4, 0.5) is 0 Å². The van der Waals surface area contributed by atoms with Crippen LogP contribution in [0, 0.1) is 0 Å². The van der Waals surface area contributed by atoms with Crippen LogP contribution < -0.4 is 0 Å². The zero-order valence-corrected chi connectivity index (χ0v) is 9.32. The molecule has 0 amide bonds. The van der Waals surface area contributed by atoms with E-state index in [1.165, 1.54) is 38.6 Å². The maximum absolute atomic E-state index is 10.5. The normalized spacial score (nSPS) is 27.9. The molecule has 0 radical (unpaired) electrons. The van der Waals surface area contributed by atoms with Gasteiger partial charge < -0.3 is 5.11 Å². The first kappa shape index (κ1) is 10.9. The van der Waals surface area contributed by atoms with Crippen LogP contribution in [0.3, 0.4) is 0 Å². The molecule has 1 aliphatic heterocycles. The van der Waals surface area contributed by atoms with Gasteiger partial charge in [-0.15, -0.1) is 0 Å². The van der Waals surface area contributed by atoms with Gasteiger partial charge in [0.1, 0.15) is 0 Å². The zero-order chi connectivity index (χ0) is 10.7. The third-order valence-electron chi connectivity index (χ3n) is 3.62. The zero-order valence-electron chi connectivity index (χ0n) is 9.32. The fourth-order valence-electron chi connectivity index (χ4n) is 2.71. The highest BCUT2D eigenvalue weighted by Gasteiger charge is 2.34. The highest BCUT2D eigenvalue weighted by molar-refractivity contribution is 5.66. The lowest BCUT2D eigenvalue weighted by Gasteiger charge is -2.36. The molecule has 1 atom stereocenters. The molecule has 1 N–H and O–H groups in total. The van der Waals surface area contributed by atoms with Gasteiger partial charge in [-0.25, -0.2) is 0 Å². The van der Waals surface area contributed by atoms with E-state index in [0.717, 1.165) is 18.9 Å². The minimum Gasteiger partial charge on any atom is -0.481 e. The van der Waals surface area contributed by atoms with Gasteiger partial charge in [0, 0.05) is 18.5 Å². The summed E-state index contributed by atoms with van der Waals surface area (Å²) in [5.41, 5.74) is 0. The van der Waals surface area contributed by atoms with E-state index in [1.54, 1.807) is 0 Å². The summed E-state index contributed by atoms with van der Waals surface area (Å²) in [5, 5.41) is 8.62.